The SMILES string of the molecule is Cc1noc(-c2ccccc2)c1[C@@H](C)N. The van der Waals surface area contributed by atoms with Crippen LogP contribution < -0.4 is 5.73 Å². The lowest BCUT2D eigenvalue weighted by atomic mass is 10.0. The number of hydrogen-bond acceptors (Lipinski definition) is 3. The van der Waals surface area contributed by atoms with E-state index in [1.807, 2.05) is 44.2 Å². The van der Waals surface area contributed by atoms with E-state index >= 15 is 0 Å². The highest BCUT2D eigenvalue weighted by Gasteiger charge is 2.17. The van der Waals surface area contributed by atoms with Gasteiger partial charge in [-0.1, -0.05) is 35.5 Å². The molecule has 0 amide bonds. The molecule has 78 valence electrons. The first-order chi connectivity index (χ1) is 7.20. The fourth-order valence-corrected chi connectivity index (χ4v) is 1.71. The fraction of sp³-hybridized carbons (Fsp3) is 0.250. The van der Waals surface area contributed by atoms with Gasteiger partial charge in [0, 0.05) is 17.2 Å². The maximum absolute atomic E-state index is 5.90. The monoisotopic (exact) mass is 202 g/mol. The molecule has 0 saturated carbocycles. The Bertz CT molecular complexity index is 446. The van der Waals surface area contributed by atoms with Crippen molar-refractivity contribution < 1.29 is 4.52 Å². The number of benzene rings is 1. The number of hydrogen-bond donors (Lipinski definition) is 1. The van der Waals surface area contributed by atoms with Crippen LogP contribution in [-0.2, 0) is 0 Å². The third kappa shape index (κ3) is 1.78. The van der Waals surface area contributed by atoms with Crippen molar-refractivity contribution in [1.82, 2.24) is 5.16 Å². The summed E-state index contributed by atoms with van der Waals surface area (Å²) in [6.45, 7) is 3.85. The van der Waals surface area contributed by atoms with Gasteiger partial charge in [0.05, 0.1) is 5.69 Å². The third-order valence-corrected chi connectivity index (χ3v) is 2.40. The van der Waals surface area contributed by atoms with Gasteiger partial charge in [-0.05, 0) is 13.8 Å². The van der Waals surface area contributed by atoms with E-state index in [9.17, 15) is 0 Å². The lowest BCUT2D eigenvalue weighted by Crippen LogP contribution is -2.06. The molecule has 1 aromatic carbocycles. The molecule has 2 N–H and O–H groups in total. The van der Waals surface area contributed by atoms with Crippen molar-refractivity contribution >= 4 is 0 Å². The Morgan fingerprint density at radius 3 is 2.53 bits per heavy atom. The minimum atomic E-state index is -0.0635. The van der Waals surface area contributed by atoms with E-state index in [0.29, 0.717) is 0 Å². The highest BCUT2D eigenvalue weighted by Crippen LogP contribution is 2.29. The van der Waals surface area contributed by atoms with Crippen LogP contribution in [0.1, 0.15) is 24.2 Å². The fourth-order valence-electron chi connectivity index (χ4n) is 1.71. The molecule has 1 atom stereocenters. The molecule has 1 heterocycles. The van der Waals surface area contributed by atoms with E-state index in [2.05, 4.69) is 5.16 Å². The zero-order chi connectivity index (χ0) is 10.8. The highest BCUT2D eigenvalue weighted by atomic mass is 16.5. The van der Waals surface area contributed by atoms with E-state index in [0.717, 1.165) is 22.6 Å². The lowest BCUT2D eigenvalue weighted by Gasteiger charge is -2.05. The first-order valence-corrected chi connectivity index (χ1v) is 4.97. The summed E-state index contributed by atoms with van der Waals surface area (Å²) < 4.78 is 5.31. The molecule has 0 aliphatic rings. The van der Waals surface area contributed by atoms with Gasteiger partial charge >= 0.3 is 0 Å². The molecule has 0 aliphatic carbocycles. The molecule has 0 fully saturated rings. The summed E-state index contributed by atoms with van der Waals surface area (Å²) in [5.74, 6) is 0.781. The number of nitrogens with zero attached hydrogens (tertiary/aromatic N) is 1. The van der Waals surface area contributed by atoms with E-state index in [1.165, 1.54) is 0 Å². The summed E-state index contributed by atoms with van der Waals surface area (Å²) in [6.07, 6.45) is 0. The quantitative estimate of drug-likeness (QED) is 0.814. The summed E-state index contributed by atoms with van der Waals surface area (Å²) in [6, 6.07) is 9.83. The Hall–Kier alpha value is -1.61. The van der Waals surface area contributed by atoms with Crippen LogP contribution in [0, 0.1) is 6.92 Å². The molecule has 0 spiro atoms. The molecule has 2 rings (SSSR count). The number of nitrogens with two attached hydrogens (primary N) is 1. The zero-order valence-corrected chi connectivity index (χ0v) is 8.90. The second-order valence-electron chi connectivity index (χ2n) is 3.67. The van der Waals surface area contributed by atoms with Crippen LogP contribution >= 0.6 is 0 Å². The van der Waals surface area contributed by atoms with Crippen LogP contribution in [0.4, 0.5) is 0 Å². The standard InChI is InChI=1S/C12H14N2O/c1-8(13)11-9(2)14-15-12(11)10-6-4-3-5-7-10/h3-8H,13H2,1-2H3/t8-/m1/s1. The second-order valence-corrected chi connectivity index (χ2v) is 3.67. The Balaban J connectivity index is 2.54. The summed E-state index contributed by atoms with van der Waals surface area (Å²) >= 11 is 0. The Kier molecular flexibility index (Phi) is 2.56. The minimum Gasteiger partial charge on any atom is -0.356 e. The molecule has 2 aromatic rings. The maximum atomic E-state index is 5.90. The normalized spacial score (nSPS) is 12.7. The topological polar surface area (TPSA) is 52.0 Å². The van der Waals surface area contributed by atoms with Gasteiger partial charge in [-0.2, -0.15) is 0 Å². The smallest absolute Gasteiger partial charge is 0.171 e. The van der Waals surface area contributed by atoms with E-state index in [4.69, 9.17) is 10.3 Å². The minimum absolute atomic E-state index is 0.0635. The van der Waals surface area contributed by atoms with Crippen LogP contribution in [0.15, 0.2) is 34.9 Å². The zero-order valence-electron chi connectivity index (χ0n) is 8.90. The van der Waals surface area contributed by atoms with Crippen molar-refractivity contribution in [3.05, 3.63) is 41.6 Å². The van der Waals surface area contributed by atoms with Gasteiger partial charge < -0.3 is 10.3 Å². The predicted molar refractivity (Wildman–Crippen MR) is 59.3 cm³/mol. The molecule has 1 aromatic heterocycles. The van der Waals surface area contributed by atoms with Crippen molar-refractivity contribution in [2.75, 3.05) is 0 Å². The molecular weight excluding hydrogens is 188 g/mol. The van der Waals surface area contributed by atoms with Gasteiger partial charge in [0.2, 0.25) is 0 Å². The van der Waals surface area contributed by atoms with Crippen molar-refractivity contribution in [2.24, 2.45) is 5.73 Å². The number of rotatable bonds is 2. The van der Waals surface area contributed by atoms with Crippen molar-refractivity contribution in [2.45, 2.75) is 19.9 Å². The maximum Gasteiger partial charge on any atom is 0.171 e. The molecule has 0 unspecified atom stereocenters. The molecular formula is C12H14N2O. The van der Waals surface area contributed by atoms with Gasteiger partial charge in [0.1, 0.15) is 0 Å². The molecule has 3 heteroatoms. The van der Waals surface area contributed by atoms with Crippen molar-refractivity contribution in [3.63, 3.8) is 0 Å². The Morgan fingerprint density at radius 2 is 1.93 bits per heavy atom. The third-order valence-electron chi connectivity index (χ3n) is 2.40. The molecule has 0 radical (unpaired) electrons. The molecule has 15 heavy (non-hydrogen) atoms. The van der Waals surface area contributed by atoms with Crippen LogP contribution in [-0.4, -0.2) is 5.16 Å². The lowest BCUT2D eigenvalue weighted by molar-refractivity contribution is 0.426. The molecule has 0 saturated heterocycles. The van der Waals surface area contributed by atoms with Gasteiger partial charge in [-0.15, -0.1) is 0 Å². The largest absolute Gasteiger partial charge is 0.356 e. The van der Waals surface area contributed by atoms with Gasteiger partial charge in [-0.25, -0.2) is 0 Å². The van der Waals surface area contributed by atoms with Crippen LogP contribution in [0.3, 0.4) is 0 Å². The van der Waals surface area contributed by atoms with Gasteiger partial charge in [0.15, 0.2) is 5.76 Å². The summed E-state index contributed by atoms with van der Waals surface area (Å²) in [5, 5.41) is 3.96. The van der Waals surface area contributed by atoms with Gasteiger partial charge in [-0.3, -0.25) is 0 Å². The Labute approximate surface area is 88.9 Å². The first kappa shape index (κ1) is 9.93. The average molecular weight is 202 g/mol. The summed E-state index contributed by atoms with van der Waals surface area (Å²) in [5.41, 5.74) is 8.77. The van der Waals surface area contributed by atoms with Crippen LogP contribution in [0.2, 0.25) is 0 Å². The number of aromatic nitrogens is 1. The second kappa shape index (κ2) is 3.87. The molecule has 0 aliphatic heterocycles. The number of aryl methyl sites for hydroxylation is 1. The predicted octanol–water partition coefficient (Wildman–Crippen LogP) is 2.67. The molecule has 0 bridgehead atoms. The highest BCUT2D eigenvalue weighted by molar-refractivity contribution is 5.62. The van der Waals surface area contributed by atoms with Crippen LogP contribution in [0.25, 0.3) is 11.3 Å². The van der Waals surface area contributed by atoms with Crippen LogP contribution in [0.5, 0.6) is 0 Å². The van der Waals surface area contributed by atoms with Crippen molar-refractivity contribution in [1.29, 1.82) is 0 Å². The summed E-state index contributed by atoms with van der Waals surface area (Å²) in [7, 11) is 0. The molecule has 3 nitrogen and oxygen atoms in total. The van der Waals surface area contributed by atoms with Crippen molar-refractivity contribution in [3.8, 4) is 11.3 Å². The van der Waals surface area contributed by atoms with E-state index in [-0.39, 0.29) is 6.04 Å². The Morgan fingerprint density at radius 1 is 1.27 bits per heavy atom. The summed E-state index contributed by atoms with van der Waals surface area (Å²) in [4.78, 5) is 0. The average Bonchev–Trinajstić information content (AvgIpc) is 2.61. The van der Waals surface area contributed by atoms with Gasteiger partial charge in [0.25, 0.3) is 0 Å². The first-order valence-electron chi connectivity index (χ1n) is 4.97. The van der Waals surface area contributed by atoms with E-state index < -0.39 is 0 Å². The van der Waals surface area contributed by atoms with E-state index in [1.54, 1.807) is 0 Å².